The van der Waals surface area contributed by atoms with Crippen molar-refractivity contribution in [1.82, 2.24) is 10.6 Å². The second kappa shape index (κ2) is 6.06. The van der Waals surface area contributed by atoms with Gasteiger partial charge >= 0.3 is 0 Å². The summed E-state index contributed by atoms with van der Waals surface area (Å²) in [7, 11) is 0. The Labute approximate surface area is 114 Å². The highest BCUT2D eigenvalue weighted by molar-refractivity contribution is 5.82. The number of phenolic OH excluding ortho intramolecular Hbond substituents is 1. The highest BCUT2D eigenvalue weighted by Gasteiger charge is 2.37. The van der Waals surface area contributed by atoms with Gasteiger partial charge in [0.2, 0.25) is 5.91 Å². The molecule has 0 spiro atoms. The number of carbonyl (C=O) groups is 1. The lowest BCUT2D eigenvalue weighted by Gasteiger charge is -2.35. The highest BCUT2D eigenvalue weighted by Crippen LogP contribution is 2.32. The second-order valence-corrected chi connectivity index (χ2v) is 5.23. The van der Waals surface area contributed by atoms with Gasteiger partial charge in [0.05, 0.1) is 5.41 Å². The van der Waals surface area contributed by atoms with Gasteiger partial charge in [-0.05, 0) is 50.0 Å². The van der Waals surface area contributed by atoms with Gasteiger partial charge in [0, 0.05) is 6.54 Å². The van der Waals surface area contributed by atoms with Gasteiger partial charge in [0.1, 0.15) is 5.75 Å². The largest absolute Gasteiger partial charge is 0.508 e. The van der Waals surface area contributed by atoms with Crippen LogP contribution in [0.4, 0.5) is 0 Å². The molecular weight excluding hydrogens is 240 g/mol. The van der Waals surface area contributed by atoms with Crippen molar-refractivity contribution in [3.8, 4) is 5.75 Å². The molecule has 1 saturated heterocycles. The number of benzene rings is 1. The Morgan fingerprint density at radius 1 is 1.32 bits per heavy atom. The van der Waals surface area contributed by atoms with Crippen LogP contribution < -0.4 is 10.6 Å². The van der Waals surface area contributed by atoms with Crippen molar-refractivity contribution >= 4 is 5.91 Å². The molecule has 104 valence electrons. The van der Waals surface area contributed by atoms with Gasteiger partial charge in [-0.15, -0.1) is 0 Å². The van der Waals surface area contributed by atoms with Crippen molar-refractivity contribution in [2.75, 3.05) is 13.1 Å². The molecule has 0 unspecified atom stereocenters. The van der Waals surface area contributed by atoms with Crippen LogP contribution >= 0.6 is 0 Å². The molecule has 19 heavy (non-hydrogen) atoms. The van der Waals surface area contributed by atoms with Crippen molar-refractivity contribution in [2.45, 2.75) is 32.7 Å². The number of piperidine rings is 1. The normalized spacial score (nSPS) is 17.9. The van der Waals surface area contributed by atoms with Crippen molar-refractivity contribution < 1.29 is 9.90 Å². The van der Waals surface area contributed by atoms with Crippen LogP contribution in [0, 0.1) is 5.41 Å². The van der Waals surface area contributed by atoms with Gasteiger partial charge in [-0.2, -0.15) is 0 Å². The summed E-state index contributed by atoms with van der Waals surface area (Å²) in [6.07, 6.45) is 2.70. The van der Waals surface area contributed by atoms with Gasteiger partial charge in [-0.1, -0.05) is 19.1 Å². The van der Waals surface area contributed by atoms with Crippen LogP contribution in [0.5, 0.6) is 5.75 Å². The molecule has 1 fully saturated rings. The predicted molar refractivity (Wildman–Crippen MR) is 74.8 cm³/mol. The number of rotatable bonds is 4. The quantitative estimate of drug-likeness (QED) is 0.775. The van der Waals surface area contributed by atoms with Crippen LogP contribution in [0.3, 0.4) is 0 Å². The number of aromatic hydroxyl groups is 1. The second-order valence-electron chi connectivity index (χ2n) is 5.23. The lowest BCUT2D eigenvalue weighted by molar-refractivity contribution is -0.133. The maximum atomic E-state index is 12.4. The van der Waals surface area contributed by atoms with Crippen LogP contribution in [0.1, 0.15) is 31.7 Å². The highest BCUT2D eigenvalue weighted by atomic mass is 16.3. The molecular formula is C15H22N2O2. The predicted octanol–water partition coefficient (Wildman–Crippen LogP) is 1.79. The van der Waals surface area contributed by atoms with E-state index in [-0.39, 0.29) is 17.1 Å². The first-order valence-corrected chi connectivity index (χ1v) is 6.93. The number of phenols is 1. The standard InChI is InChI=1S/C15H22N2O2/c1-2-15(7-9-16-10-8-15)14(19)17-11-12-3-5-13(18)6-4-12/h3-6,16,18H,2,7-11H2,1H3,(H,17,19). The third-order valence-corrected chi connectivity index (χ3v) is 4.11. The summed E-state index contributed by atoms with van der Waals surface area (Å²) in [4.78, 5) is 12.4. The Hall–Kier alpha value is -1.55. The number of nitrogens with one attached hydrogen (secondary N) is 2. The van der Waals surface area contributed by atoms with Crippen LogP contribution in [-0.2, 0) is 11.3 Å². The van der Waals surface area contributed by atoms with E-state index in [2.05, 4.69) is 17.6 Å². The molecule has 1 amide bonds. The lowest BCUT2D eigenvalue weighted by atomic mass is 9.76. The van der Waals surface area contributed by atoms with Crippen molar-refractivity contribution in [2.24, 2.45) is 5.41 Å². The fourth-order valence-corrected chi connectivity index (χ4v) is 2.63. The molecule has 0 bridgehead atoms. The minimum Gasteiger partial charge on any atom is -0.508 e. The fourth-order valence-electron chi connectivity index (χ4n) is 2.63. The first kappa shape index (κ1) is 13.9. The van der Waals surface area contributed by atoms with E-state index >= 15 is 0 Å². The SMILES string of the molecule is CCC1(C(=O)NCc2ccc(O)cc2)CCNCC1. The van der Waals surface area contributed by atoms with Crippen LogP contribution in [-0.4, -0.2) is 24.1 Å². The van der Waals surface area contributed by atoms with Crippen LogP contribution in [0.2, 0.25) is 0 Å². The van der Waals surface area contributed by atoms with E-state index in [1.54, 1.807) is 12.1 Å². The Morgan fingerprint density at radius 2 is 1.95 bits per heavy atom. The number of amides is 1. The maximum Gasteiger partial charge on any atom is 0.226 e. The monoisotopic (exact) mass is 262 g/mol. The molecule has 2 rings (SSSR count). The Kier molecular flexibility index (Phi) is 4.43. The van der Waals surface area contributed by atoms with E-state index in [9.17, 15) is 9.90 Å². The molecule has 1 heterocycles. The van der Waals surface area contributed by atoms with Gasteiger partial charge in [-0.3, -0.25) is 4.79 Å². The summed E-state index contributed by atoms with van der Waals surface area (Å²) >= 11 is 0. The van der Waals surface area contributed by atoms with Gasteiger partial charge in [0.15, 0.2) is 0 Å². The molecule has 4 nitrogen and oxygen atoms in total. The summed E-state index contributed by atoms with van der Waals surface area (Å²) < 4.78 is 0. The molecule has 0 saturated carbocycles. The third kappa shape index (κ3) is 3.26. The summed E-state index contributed by atoms with van der Waals surface area (Å²) in [6.45, 7) is 4.45. The van der Waals surface area contributed by atoms with Gasteiger partial charge < -0.3 is 15.7 Å². The van der Waals surface area contributed by atoms with E-state index in [1.165, 1.54) is 0 Å². The van der Waals surface area contributed by atoms with E-state index in [0.717, 1.165) is 37.9 Å². The van der Waals surface area contributed by atoms with E-state index < -0.39 is 0 Å². The maximum absolute atomic E-state index is 12.4. The molecule has 1 aliphatic rings. The van der Waals surface area contributed by atoms with E-state index in [4.69, 9.17) is 0 Å². The van der Waals surface area contributed by atoms with Gasteiger partial charge in [0.25, 0.3) is 0 Å². The minimum atomic E-state index is -0.206. The number of carbonyl (C=O) groups excluding carboxylic acids is 1. The Morgan fingerprint density at radius 3 is 2.53 bits per heavy atom. The van der Waals surface area contributed by atoms with Crippen molar-refractivity contribution in [3.63, 3.8) is 0 Å². The molecule has 3 N–H and O–H groups in total. The van der Waals surface area contributed by atoms with E-state index in [0.29, 0.717) is 6.54 Å². The van der Waals surface area contributed by atoms with Crippen LogP contribution in [0.25, 0.3) is 0 Å². The molecule has 4 heteroatoms. The summed E-state index contributed by atoms with van der Waals surface area (Å²) in [5, 5.41) is 15.6. The van der Waals surface area contributed by atoms with Crippen LogP contribution in [0.15, 0.2) is 24.3 Å². The van der Waals surface area contributed by atoms with Crippen molar-refractivity contribution in [1.29, 1.82) is 0 Å². The number of hydrogen-bond donors (Lipinski definition) is 3. The number of hydrogen-bond acceptors (Lipinski definition) is 3. The third-order valence-electron chi connectivity index (χ3n) is 4.11. The molecule has 1 aromatic carbocycles. The first-order valence-electron chi connectivity index (χ1n) is 6.93. The Balaban J connectivity index is 1.94. The smallest absolute Gasteiger partial charge is 0.226 e. The molecule has 1 aliphatic heterocycles. The topological polar surface area (TPSA) is 61.4 Å². The van der Waals surface area contributed by atoms with Gasteiger partial charge in [-0.25, -0.2) is 0 Å². The Bertz CT molecular complexity index is 422. The molecule has 0 radical (unpaired) electrons. The summed E-state index contributed by atoms with van der Waals surface area (Å²) in [6, 6.07) is 6.94. The fraction of sp³-hybridized carbons (Fsp3) is 0.533. The molecule has 0 atom stereocenters. The first-order chi connectivity index (χ1) is 9.16. The zero-order valence-electron chi connectivity index (χ0n) is 11.4. The molecule has 0 aliphatic carbocycles. The lowest BCUT2D eigenvalue weighted by Crippen LogP contribution is -2.47. The molecule has 1 aromatic rings. The average Bonchev–Trinajstić information content (AvgIpc) is 2.47. The van der Waals surface area contributed by atoms with Crippen molar-refractivity contribution in [3.05, 3.63) is 29.8 Å². The van der Waals surface area contributed by atoms with E-state index in [1.807, 2.05) is 12.1 Å². The average molecular weight is 262 g/mol. The molecule has 0 aromatic heterocycles. The zero-order chi connectivity index (χ0) is 13.7. The zero-order valence-corrected chi connectivity index (χ0v) is 11.4. The minimum absolute atomic E-state index is 0.157. The summed E-state index contributed by atoms with van der Waals surface area (Å²) in [5.74, 6) is 0.406. The summed E-state index contributed by atoms with van der Waals surface area (Å²) in [5.41, 5.74) is 0.800.